The highest BCUT2D eigenvalue weighted by Gasteiger charge is 2.50. The maximum atomic E-state index is 12.9. The zero-order valence-corrected chi connectivity index (χ0v) is 23.6. The normalized spacial score (nSPS) is 23.1. The van der Waals surface area contributed by atoms with E-state index in [9.17, 15) is 13.2 Å². The lowest BCUT2D eigenvalue weighted by atomic mass is 9.74. The minimum Gasteiger partial charge on any atom is -0.467 e. The van der Waals surface area contributed by atoms with E-state index in [1.807, 2.05) is 4.90 Å². The Kier molecular flexibility index (Phi) is 9.41. The smallest absolute Gasteiger partial charge is 0.425 e. The summed E-state index contributed by atoms with van der Waals surface area (Å²) in [6.07, 6.45) is 3.15. The van der Waals surface area contributed by atoms with E-state index < -0.39 is 12.3 Å². The fourth-order valence-electron chi connectivity index (χ4n) is 6.24. The van der Waals surface area contributed by atoms with Crippen LogP contribution in [0.4, 0.5) is 13.2 Å². The van der Waals surface area contributed by atoms with Crippen LogP contribution in [0.1, 0.15) is 79.6 Å². The van der Waals surface area contributed by atoms with Crippen LogP contribution in [0.5, 0.6) is 0 Å². The van der Waals surface area contributed by atoms with Crippen molar-refractivity contribution in [2.45, 2.75) is 97.4 Å². The molecule has 2 heterocycles. The summed E-state index contributed by atoms with van der Waals surface area (Å²) in [6, 6.07) is 0. The number of hydrogen-bond donors (Lipinski definition) is 0. The number of allylic oxidation sites excluding steroid dienone is 2. The summed E-state index contributed by atoms with van der Waals surface area (Å²) >= 11 is 6.83. The highest BCUT2D eigenvalue weighted by atomic mass is 35.5. The molecule has 2 aliphatic heterocycles. The topological polar surface area (TPSA) is 19.0 Å². The van der Waals surface area contributed by atoms with Gasteiger partial charge < -0.3 is 14.5 Å². The molecule has 3 aliphatic rings. The van der Waals surface area contributed by atoms with Gasteiger partial charge in [-0.2, -0.15) is 13.2 Å². The van der Waals surface area contributed by atoms with Crippen LogP contribution in [0.15, 0.2) is 34.8 Å². The molecule has 0 aromatic carbocycles. The van der Waals surface area contributed by atoms with Crippen molar-refractivity contribution in [1.29, 1.82) is 0 Å². The Labute approximate surface area is 221 Å². The summed E-state index contributed by atoms with van der Waals surface area (Å²) in [6.45, 7) is 19.2. The number of piperidine rings is 1. The molecule has 0 bridgehead atoms. The molecule has 0 aromatic rings. The van der Waals surface area contributed by atoms with Crippen molar-refractivity contribution in [3.05, 3.63) is 34.8 Å². The average Bonchev–Trinajstić information content (AvgIpc) is 3.02. The fourth-order valence-corrected chi connectivity index (χ4v) is 6.59. The van der Waals surface area contributed by atoms with Crippen LogP contribution in [-0.2, 0) is 4.74 Å². The highest BCUT2D eigenvalue weighted by Crippen LogP contribution is 2.49. The maximum Gasteiger partial charge on any atom is 0.425 e. The van der Waals surface area contributed by atoms with E-state index in [0.29, 0.717) is 13.1 Å². The van der Waals surface area contributed by atoms with Crippen LogP contribution < -0.4 is 0 Å². The second-order valence-corrected chi connectivity index (χ2v) is 12.0. The fraction of sp³-hybridized carbons (Fsp3) is 0.786. The van der Waals surface area contributed by atoms with Crippen LogP contribution in [-0.4, -0.2) is 71.8 Å². The monoisotopic (exact) mass is 531 g/mol. The Morgan fingerprint density at radius 1 is 1.19 bits per heavy atom. The van der Waals surface area contributed by atoms with Crippen LogP contribution in [0.25, 0.3) is 0 Å². The van der Waals surface area contributed by atoms with Crippen LogP contribution >= 0.6 is 11.6 Å². The molecule has 0 radical (unpaired) electrons. The summed E-state index contributed by atoms with van der Waals surface area (Å²) in [7, 11) is 0. The Hall–Kier alpha value is -1.34. The Balaban J connectivity index is 1.67. The zero-order valence-electron chi connectivity index (χ0n) is 22.8. The van der Waals surface area contributed by atoms with Gasteiger partial charge in [0.1, 0.15) is 0 Å². The van der Waals surface area contributed by atoms with E-state index in [0.717, 1.165) is 83.1 Å². The molecular weight excluding hydrogens is 487 g/mol. The van der Waals surface area contributed by atoms with E-state index >= 15 is 0 Å². The summed E-state index contributed by atoms with van der Waals surface area (Å²) in [5.74, 6) is 0.132. The van der Waals surface area contributed by atoms with E-state index in [2.05, 4.69) is 50.1 Å². The molecule has 1 aliphatic carbocycles. The molecule has 36 heavy (non-hydrogen) atoms. The molecule has 8 heteroatoms. The molecule has 3 rings (SSSR count). The summed E-state index contributed by atoms with van der Waals surface area (Å²) in [4.78, 5) is 6.95. The zero-order chi connectivity index (χ0) is 26.7. The third-order valence-electron chi connectivity index (χ3n) is 8.12. The van der Waals surface area contributed by atoms with Gasteiger partial charge in [-0.25, -0.2) is 0 Å². The average molecular weight is 532 g/mol. The van der Waals surface area contributed by atoms with Crippen LogP contribution in [0, 0.1) is 5.41 Å². The molecule has 206 valence electrons. The predicted molar refractivity (Wildman–Crippen MR) is 142 cm³/mol. The lowest BCUT2D eigenvalue weighted by molar-refractivity contribution is -0.209. The van der Waals surface area contributed by atoms with Crippen molar-refractivity contribution in [1.82, 2.24) is 14.7 Å². The molecule has 1 spiro atoms. The van der Waals surface area contributed by atoms with Gasteiger partial charge in [0.15, 0.2) is 12.0 Å². The van der Waals surface area contributed by atoms with Gasteiger partial charge in [0.25, 0.3) is 0 Å². The third-order valence-corrected chi connectivity index (χ3v) is 8.49. The summed E-state index contributed by atoms with van der Waals surface area (Å²) in [5.41, 5.74) is 2.78. The number of nitrogens with zero attached hydrogens (tertiary/aromatic N) is 3. The molecule has 0 amide bonds. The van der Waals surface area contributed by atoms with Crippen molar-refractivity contribution in [2.75, 3.05) is 39.3 Å². The van der Waals surface area contributed by atoms with Gasteiger partial charge in [0, 0.05) is 49.8 Å². The maximum absolute atomic E-state index is 12.9. The lowest BCUT2D eigenvalue weighted by Crippen LogP contribution is -2.43. The van der Waals surface area contributed by atoms with Crippen molar-refractivity contribution in [3.8, 4) is 0 Å². The molecule has 0 saturated carbocycles. The van der Waals surface area contributed by atoms with E-state index in [-0.39, 0.29) is 16.8 Å². The Bertz CT molecular complexity index is 837. The number of alkyl halides is 3. The van der Waals surface area contributed by atoms with E-state index in [1.54, 1.807) is 0 Å². The molecule has 2 fully saturated rings. The minimum atomic E-state index is -4.39. The van der Waals surface area contributed by atoms with Crippen LogP contribution in [0.3, 0.4) is 0 Å². The first-order valence-electron chi connectivity index (χ1n) is 13.6. The number of rotatable bonds is 10. The quantitative estimate of drug-likeness (QED) is 0.276. The molecule has 0 N–H and O–H groups in total. The third kappa shape index (κ3) is 6.75. The van der Waals surface area contributed by atoms with E-state index in [4.69, 9.17) is 16.3 Å². The highest BCUT2D eigenvalue weighted by molar-refractivity contribution is 6.30. The largest absolute Gasteiger partial charge is 0.467 e. The van der Waals surface area contributed by atoms with Gasteiger partial charge in [-0.1, -0.05) is 31.5 Å². The molecule has 1 unspecified atom stereocenters. The first-order chi connectivity index (χ1) is 16.8. The lowest BCUT2D eigenvalue weighted by Gasteiger charge is -2.41. The van der Waals surface area contributed by atoms with E-state index in [1.165, 1.54) is 11.3 Å². The van der Waals surface area contributed by atoms with Gasteiger partial charge in [-0.15, -0.1) is 0 Å². The van der Waals surface area contributed by atoms with Gasteiger partial charge in [-0.3, -0.25) is 4.90 Å². The molecule has 4 nitrogen and oxygen atoms in total. The standard InChI is InChI=1S/C28H45ClF3N3O/c1-7-14-34(15-8-2)25-23(10-9-11-24(25)29)18-35-20-27(19-26(35,5)6)12-16-33(17-13-27)22(4)36-21(3)28(30,31)32/h10,21H,4,7-9,11-20H2,1-3,5-6H3. The SMILES string of the molecule is C=C(OC(C)C(F)(F)F)N1CCC2(CC1)CN(CC1=CCCC(Cl)=C1N(CCC)CCC)C(C)(C)C2. The van der Waals surface area contributed by atoms with Crippen molar-refractivity contribution in [3.63, 3.8) is 0 Å². The summed E-state index contributed by atoms with van der Waals surface area (Å²) in [5, 5.41) is 0.987. The molecule has 2 saturated heterocycles. The van der Waals surface area contributed by atoms with Gasteiger partial charge in [0.2, 0.25) is 0 Å². The number of likely N-dealkylation sites (tertiary alicyclic amines) is 2. The van der Waals surface area contributed by atoms with Crippen LogP contribution in [0.2, 0.25) is 0 Å². The first-order valence-corrected chi connectivity index (χ1v) is 13.9. The van der Waals surface area contributed by atoms with Gasteiger partial charge >= 0.3 is 6.18 Å². The minimum absolute atomic E-state index is 0.0384. The first kappa shape index (κ1) is 29.2. The number of ether oxygens (including phenoxy) is 1. The molecule has 1 atom stereocenters. The Morgan fingerprint density at radius 2 is 1.81 bits per heavy atom. The summed E-state index contributed by atoms with van der Waals surface area (Å²) < 4.78 is 43.9. The van der Waals surface area contributed by atoms with Crippen molar-refractivity contribution in [2.24, 2.45) is 5.41 Å². The second-order valence-electron chi connectivity index (χ2n) is 11.5. The number of hydrogen-bond acceptors (Lipinski definition) is 4. The molecular formula is C28H45ClF3N3O. The second kappa shape index (κ2) is 11.6. The van der Waals surface area contributed by atoms with Crippen molar-refractivity contribution >= 4 is 11.6 Å². The van der Waals surface area contributed by atoms with Crippen molar-refractivity contribution < 1.29 is 17.9 Å². The Morgan fingerprint density at radius 3 is 2.36 bits per heavy atom. The van der Waals surface area contributed by atoms with Gasteiger partial charge in [0.05, 0.1) is 5.70 Å². The predicted octanol–water partition coefficient (Wildman–Crippen LogP) is 7.28. The number of halogens is 4. The van der Waals surface area contributed by atoms with Gasteiger partial charge in [-0.05, 0) is 83.3 Å². The molecule has 0 aromatic heterocycles.